The number of rotatable bonds is 6. The molecule has 1 aliphatic heterocycles. The second-order valence-electron chi connectivity index (χ2n) is 7.14. The molecule has 2 aliphatic rings. The summed E-state index contributed by atoms with van der Waals surface area (Å²) in [5.41, 5.74) is 0. The lowest BCUT2D eigenvalue weighted by Gasteiger charge is -2.38. The molecule has 1 aromatic heterocycles. The number of methoxy groups -OCH3 is 1. The molecule has 2 aromatic rings. The molecule has 0 amide bonds. The Bertz CT molecular complexity index is 929. The number of piperidine rings is 1. The Kier molecular flexibility index (Phi) is 5.20. The van der Waals surface area contributed by atoms with Crippen molar-refractivity contribution in [2.24, 2.45) is 0 Å². The first-order valence-corrected chi connectivity index (χ1v) is 10.8. The van der Waals surface area contributed by atoms with Crippen LogP contribution in [0.5, 0.6) is 5.75 Å². The van der Waals surface area contributed by atoms with Crippen LogP contribution in [-0.4, -0.2) is 55.0 Å². The number of aromatic nitrogens is 2. The van der Waals surface area contributed by atoms with E-state index in [1.807, 2.05) is 6.07 Å². The van der Waals surface area contributed by atoms with E-state index >= 15 is 0 Å². The third-order valence-corrected chi connectivity index (χ3v) is 7.24. The zero-order chi connectivity index (χ0) is 19.7. The van der Waals surface area contributed by atoms with Crippen molar-refractivity contribution in [3.8, 4) is 5.75 Å². The highest BCUT2D eigenvalue weighted by molar-refractivity contribution is 7.89. The SMILES string of the molecule is COc1ccc(S(=O)(=O)N2CCC(N(c3ccncn3)C3CC3)CC2)cc1F. The minimum Gasteiger partial charge on any atom is -0.494 e. The molecule has 1 saturated heterocycles. The predicted molar refractivity (Wildman–Crippen MR) is 102 cm³/mol. The molecule has 0 spiro atoms. The van der Waals surface area contributed by atoms with Crippen LogP contribution in [0.4, 0.5) is 10.2 Å². The first kappa shape index (κ1) is 19.1. The summed E-state index contributed by atoms with van der Waals surface area (Å²) in [6, 6.07) is 6.37. The topological polar surface area (TPSA) is 75.6 Å². The molecular formula is C19H23FN4O3S. The van der Waals surface area contributed by atoms with E-state index in [9.17, 15) is 12.8 Å². The van der Waals surface area contributed by atoms with Gasteiger partial charge in [-0.05, 0) is 49.9 Å². The summed E-state index contributed by atoms with van der Waals surface area (Å²) < 4.78 is 46.1. The van der Waals surface area contributed by atoms with E-state index in [-0.39, 0.29) is 16.7 Å². The normalized spacial score (nSPS) is 18.8. The highest BCUT2D eigenvalue weighted by Crippen LogP contribution is 2.35. The Morgan fingerprint density at radius 3 is 2.43 bits per heavy atom. The van der Waals surface area contributed by atoms with Crippen LogP contribution < -0.4 is 9.64 Å². The van der Waals surface area contributed by atoms with Crippen LogP contribution in [0.2, 0.25) is 0 Å². The van der Waals surface area contributed by atoms with E-state index in [4.69, 9.17) is 4.74 Å². The highest BCUT2D eigenvalue weighted by Gasteiger charge is 2.38. The lowest BCUT2D eigenvalue weighted by molar-refractivity contribution is 0.308. The van der Waals surface area contributed by atoms with Crippen molar-refractivity contribution < 1.29 is 17.5 Å². The summed E-state index contributed by atoms with van der Waals surface area (Å²) in [6.07, 6.45) is 6.95. The van der Waals surface area contributed by atoms with Crippen LogP contribution >= 0.6 is 0 Å². The average molecular weight is 406 g/mol. The second kappa shape index (κ2) is 7.63. The predicted octanol–water partition coefficient (Wildman–Crippen LogP) is 2.45. The second-order valence-corrected chi connectivity index (χ2v) is 9.08. The number of hydrogen-bond acceptors (Lipinski definition) is 6. The summed E-state index contributed by atoms with van der Waals surface area (Å²) >= 11 is 0. The molecular weight excluding hydrogens is 383 g/mol. The van der Waals surface area contributed by atoms with Gasteiger partial charge in [-0.15, -0.1) is 0 Å². The molecule has 0 atom stereocenters. The number of anilines is 1. The smallest absolute Gasteiger partial charge is 0.243 e. The average Bonchev–Trinajstić information content (AvgIpc) is 3.54. The van der Waals surface area contributed by atoms with Crippen LogP contribution in [0.1, 0.15) is 25.7 Å². The quantitative estimate of drug-likeness (QED) is 0.734. The van der Waals surface area contributed by atoms with Gasteiger partial charge in [0.05, 0.1) is 12.0 Å². The first-order valence-electron chi connectivity index (χ1n) is 9.39. The molecule has 0 unspecified atom stereocenters. The maximum Gasteiger partial charge on any atom is 0.243 e. The van der Waals surface area contributed by atoms with E-state index in [0.29, 0.717) is 32.0 Å². The maximum absolute atomic E-state index is 14.0. The number of benzene rings is 1. The van der Waals surface area contributed by atoms with Crippen molar-refractivity contribution in [1.82, 2.24) is 14.3 Å². The van der Waals surface area contributed by atoms with Crippen molar-refractivity contribution >= 4 is 15.8 Å². The molecule has 1 aliphatic carbocycles. The number of nitrogens with zero attached hydrogens (tertiary/aromatic N) is 4. The van der Waals surface area contributed by atoms with Gasteiger partial charge in [-0.1, -0.05) is 0 Å². The molecule has 150 valence electrons. The van der Waals surface area contributed by atoms with Crippen LogP contribution in [0.3, 0.4) is 0 Å². The molecule has 2 heterocycles. The molecule has 7 nitrogen and oxygen atoms in total. The Hall–Kier alpha value is -2.26. The van der Waals surface area contributed by atoms with Crippen LogP contribution in [0.25, 0.3) is 0 Å². The fourth-order valence-electron chi connectivity index (χ4n) is 3.78. The standard InChI is InChI=1S/C19H23FN4O3S/c1-27-18-5-4-16(12-17(18)20)28(25,26)23-10-7-15(8-11-23)24(14-2-3-14)19-6-9-21-13-22-19/h4-6,9,12-15H,2-3,7-8,10-11H2,1H3. The van der Waals surface area contributed by atoms with Crippen molar-refractivity contribution in [2.45, 2.75) is 42.7 Å². The van der Waals surface area contributed by atoms with Gasteiger partial charge in [0.2, 0.25) is 10.0 Å². The molecule has 2 fully saturated rings. The zero-order valence-electron chi connectivity index (χ0n) is 15.7. The fraction of sp³-hybridized carbons (Fsp3) is 0.474. The Morgan fingerprint density at radius 2 is 1.86 bits per heavy atom. The van der Waals surface area contributed by atoms with Crippen LogP contribution in [0, 0.1) is 5.82 Å². The van der Waals surface area contributed by atoms with Gasteiger partial charge in [0.1, 0.15) is 12.1 Å². The minimum atomic E-state index is -3.73. The third kappa shape index (κ3) is 3.68. The van der Waals surface area contributed by atoms with Gasteiger partial charge in [-0.3, -0.25) is 0 Å². The lowest BCUT2D eigenvalue weighted by atomic mass is 10.0. The van der Waals surface area contributed by atoms with Gasteiger partial charge in [0.25, 0.3) is 0 Å². The summed E-state index contributed by atoms with van der Waals surface area (Å²) in [5, 5.41) is 0. The number of sulfonamides is 1. The van der Waals surface area contributed by atoms with Crippen molar-refractivity contribution in [2.75, 3.05) is 25.1 Å². The van der Waals surface area contributed by atoms with E-state index in [1.54, 1.807) is 12.5 Å². The Labute approximate surface area is 164 Å². The van der Waals surface area contributed by atoms with Crippen molar-refractivity contribution in [3.63, 3.8) is 0 Å². The largest absolute Gasteiger partial charge is 0.494 e. The minimum absolute atomic E-state index is 0.0302. The van der Waals surface area contributed by atoms with Gasteiger partial charge in [0, 0.05) is 31.4 Å². The molecule has 1 aromatic carbocycles. The van der Waals surface area contributed by atoms with E-state index in [2.05, 4.69) is 14.9 Å². The molecule has 28 heavy (non-hydrogen) atoms. The fourth-order valence-corrected chi connectivity index (χ4v) is 5.26. The summed E-state index contributed by atoms with van der Waals surface area (Å²) in [4.78, 5) is 10.6. The molecule has 4 rings (SSSR count). The van der Waals surface area contributed by atoms with E-state index in [1.165, 1.54) is 23.5 Å². The third-order valence-electron chi connectivity index (χ3n) is 5.35. The number of ether oxygens (including phenoxy) is 1. The Morgan fingerprint density at radius 1 is 1.14 bits per heavy atom. The van der Waals surface area contributed by atoms with E-state index < -0.39 is 15.8 Å². The number of halogens is 1. The first-order chi connectivity index (χ1) is 13.5. The highest BCUT2D eigenvalue weighted by atomic mass is 32.2. The summed E-state index contributed by atoms with van der Waals surface area (Å²) in [6.45, 7) is 0.796. The zero-order valence-corrected chi connectivity index (χ0v) is 16.5. The summed E-state index contributed by atoms with van der Waals surface area (Å²) in [5.74, 6) is 0.251. The van der Waals surface area contributed by atoms with Gasteiger partial charge in [-0.2, -0.15) is 4.31 Å². The van der Waals surface area contributed by atoms with Gasteiger partial charge in [-0.25, -0.2) is 22.8 Å². The maximum atomic E-state index is 14.0. The van der Waals surface area contributed by atoms with Gasteiger partial charge in [0.15, 0.2) is 11.6 Å². The van der Waals surface area contributed by atoms with Crippen LogP contribution in [0.15, 0.2) is 41.7 Å². The molecule has 0 N–H and O–H groups in total. The Balaban J connectivity index is 1.48. The lowest BCUT2D eigenvalue weighted by Crippen LogP contribution is -2.48. The van der Waals surface area contributed by atoms with Crippen molar-refractivity contribution in [1.29, 1.82) is 0 Å². The monoisotopic (exact) mass is 406 g/mol. The number of hydrogen-bond donors (Lipinski definition) is 0. The van der Waals surface area contributed by atoms with Crippen molar-refractivity contribution in [3.05, 3.63) is 42.6 Å². The molecule has 0 bridgehead atoms. The summed E-state index contributed by atoms with van der Waals surface area (Å²) in [7, 11) is -2.39. The molecule has 0 radical (unpaired) electrons. The van der Waals surface area contributed by atoms with Crippen LogP contribution in [-0.2, 0) is 10.0 Å². The van der Waals surface area contributed by atoms with E-state index in [0.717, 1.165) is 24.7 Å². The van der Waals surface area contributed by atoms with Gasteiger partial charge < -0.3 is 9.64 Å². The molecule has 1 saturated carbocycles. The molecule has 9 heteroatoms. The van der Waals surface area contributed by atoms with Gasteiger partial charge >= 0.3 is 0 Å².